The van der Waals surface area contributed by atoms with Gasteiger partial charge in [-0.25, -0.2) is 0 Å². The zero-order chi connectivity index (χ0) is 12.5. The summed E-state index contributed by atoms with van der Waals surface area (Å²) in [6, 6.07) is 8.13. The minimum Gasteiger partial charge on any atom is -0.494 e. The molecule has 0 saturated heterocycles. The van der Waals surface area contributed by atoms with Crippen molar-refractivity contribution in [2.45, 2.75) is 32.6 Å². The predicted octanol–water partition coefficient (Wildman–Crippen LogP) is 2.54. The van der Waals surface area contributed by atoms with Crippen LogP contribution in [0.2, 0.25) is 0 Å². The maximum absolute atomic E-state index is 8.35. The summed E-state index contributed by atoms with van der Waals surface area (Å²) < 4.78 is 5.58. The highest BCUT2D eigenvalue weighted by Crippen LogP contribution is 2.13. The first kappa shape index (κ1) is 13.4. The Morgan fingerprint density at radius 3 is 2.59 bits per heavy atom. The number of ether oxygens (including phenoxy) is 1. The second-order valence-corrected chi connectivity index (χ2v) is 3.89. The molecule has 0 aromatic heterocycles. The van der Waals surface area contributed by atoms with Gasteiger partial charge in [-0.1, -0.05) is 24.2 Å². The fourth-order valence-corrected chi connectivity index (χ4v) is 1.47. The van der Waals surface area contributed by atoms with Crippen LogP contribution >= 0.6 is 0 Å². The molecular weight excluding hydrogens is 216 g/mol. The second-order valence-electron chi connectivity index (χ2n) is 3.89. The third-order valence-electron chi connectivity index (χ3n) is 2.56. The molecule has 3 N–H and O–H groups in total. The third-order valence-corrected chi connectivity index (χ3v) is 2.56. The van der Waals surface area contributed by atoms with Gasteiger partial charge in [0.15, 0.2) is 0 Å². The largest absolute Gasteiger partial charge is 0.494 e. The Labute approximate surface area is 102 Å². The minimum atomic E-state index is 0.275. The van der Waals surface area contributed by atoms with Crippen LogP contribution < -0.4 is 10.5 Å². The molecule has 0 heterocycles. The van der Waals surface area contributed by atoms with Crippen LogP contribution in [0.1, 0.15) is 31.7 Å². The molecule has 0 fully saturated rings. The highest BCUT2D eigenvalue weighted by Gasteiger charge is 1.96. The summed E-state index contributed by atoms with van der Waals surface area (Å²) in [7, 11) is 0. The van der Waals surface area contributed by atoms with Crippen molar-refractivity contribution in [3.8, 4) is 5.75 Å². The van der Waals surface area contributed by atoms with Crippen molar-refractivity contribution in [1.82, 2.24) is 0 Å². The summed E-state index contributed by atoms with van der Waals surface area (Å²) in [5.74, 6) is 1.17. The van der Waals surface area contributed by atoms with Gasteiger partial charge in [0.2, 0.25) is 0 Å². The summed E-state index contributed by atoms with van der Waals surface area (Å²) in [4.78, 5) is 0. The molecule has 17 heavy (non-hydrogen) atoms. The van der Waals surface area contributed by atoms with Crippen LogP contribution in [0.15, 0.2) is 29.4 Å². The predicted molar refractivity (Wildman–Crippen MR) is 68.6 cm³/mol. The van der Waals surface area contributed by atoms with E-state index in [2.05, 4.69) is 24.2 Å². The van der Waals surface area contributed by atoms with Gasteiger partial charge in [0.1, 0.15) is 11.6 Å². The molecule has 0 amide bonds. The smallest absolute Gasteiger partial charge is 0.139 e. The monoisotopic (exact) mass is 236 g/mol. The summed E-state index contributed by atoms with van der Waals surface area (Å²) in [5.41, 5.74) is 6.67. The molecular formula is C13H20N2O2. The summed E-state index contributed by atoms with van der Waals surface area (Å²) in [6.45, 7) is 2.78. The number of rotatable bonds is 7. The van der Waals surface area contributed by atoms with E-state index < -0.39 is 0 Å². The van der Waals surface area contributed by atoms with Crippen molar-refractivity contribution in [3.63, 3.8) is 0 Å². The van der Waals surface area contributed by atoms with Gasteiger partial charge in [0, 0.05) is 6.42 Å². The van der Waals surface area contributed by atoms with Gasteiger partial charge in [-0.15, -0.1) is 0 Å². The average molecular weight is 236 g/mol. The molecule has 1 rings (SSSR count). The Kier molecular flexibility index (Phi) is 5.93. The van der Waals surface area contributed by atoms with Crippen LogP contribution in [0, 0.1) is 0 Å². The van der Waals surface area contributed by atoms with Crippen LogP contribution in [0.5, 0.6) is 5.75 Å². The van der Waals surface area contributed by atoms with Crippen LogP contribution in [0.3, 0.4) is 0 Å². The van der Waals surface area contributed by atoms with E-state index in [-0.39, 0.29) is 5.84 Å². The van der Waals surface area contributed by atoms with E-state index in [0.29, 0.717) is 13.0 Å². The van der Waals surface area contributed by atoms with Gasteiger partial charge in [0.25, 0.3) is 0 Å². The lowest BCUT2D eigenvalue weighted by Crippen LogP contribution is -2.11. The number of benzene rings is 1. The van der Waals surface area contributed by atoms with E-state index in [4.69, 9.17) is 15.7 Å². The molecule has 0 aliphatic heterocycles. The Morgan fingerprint density at radius 1 is 1.29 bits per heavy atom. The van der Waals surface area contributed by atoms with E-state index in [9.17, 15) is 0 Å². The molecule has 94 valence electrons. The number of unbranched alkanes of at least 4 members (excludes halogenated alkanes) is 1. The van der Waals surface area contributed by atoms with Crippen molar-refractivity contribution < 1.29 is 9.94 Å². The van der Waals surface area contributed by atoms with Crippen LogP contribution in [0.4, 0.5) is 0 Å². The summed E-state index contributed by atoms with van der Waals surface area (Å²) in [6.07, 6.45) is 3.41. The fourth-order valence-electron chi connectivity index (χ4n) is 1.47. The van der Waals surface area contributed by atoms with Gasteiger partial charge in [-0.3, -0.25) is 0 Å². The number of aryl methyl sites for hydroxylation is 1. The van der Waals surface area contributed by atoms with E-state index >= 15 is 0 Å². The Hall–Kier alpha value is -1.71. The van der Waals surface area contributed by atoms with Crippen molar-refractivity contribution in [2.75, 3.05) is 6.61 Å². The number of nitrogens with two attached hydrogens (primary N) is 1. The van der Waals surface area contributed by atoms with Crippen molar-refractivity contribution in [1.29, 1.82) is 0 Å². The Bertz CT molecular complexity index is 347. The van der Waals surface area contributed by atoms with E-state index in [1.54, 1.807) is 0 Å². The van der Waals surface area contributed by atoms with Crippen molar-refractivity contribution >= 4 is 5.84 Å². The van der Waals surface area contributed by atoms with Crippen molar-refractivity contribution in [3.05, 3.63) is 29.8 Å². The van der Waals surface area contributed by atoms with E-state index in [1.165, 1.54) is 5.56 Å². The number of nitrogens with zero attached hydrogens (tertiary/aromatic N) is 1. The maximum Gasteiger partial charge on any atom is 0.139 e. The number of amidine groups is 1. The lowest BCUT2D eigenvalue weighted by Gasteiger charge is -2.06. The summed E-state index contributed by atoms with van der Waals surface area (Å²) >= 11 is 0. The molecule has 0 saturated carbocycles. The number of hydrogen-bond acceptors (Lipinski definition) is 3. The maximum atomic E-state index is 8.35. The zero-order valence-electron chi connectivity index (χ0n) is 10.2. The molecule has 0 aliphatic carbocycles. The summed E-state index contributed by atoms with van der Waals surface area (Å²) in [5, 5.41) is 11.3. The Morgan fingerprint density at radius 2 is 2.00 bits per heavy atom. The molecule has 0 aliphatic rings. The molecule has 0 unspecified atom stereocenters. The van der Waals surface area contributed by atoms with Crippen LogP contribution in [-0.4, -0.2) is 17.6 Å². The highest BCUT2D eigenvalue weighted by molar-refractivity contribution is 5.79. The fraction of sp³-hybridized carbons (Fsp3) is 0.462. The van der Waals surface area contributed by atoms with Gasteiger partial charge in [0.05, 0.1) is 6.61 Å². The average Bonchev–Trinajstić information content (AvgIpc) is 2.38. The van der Waals surface area contributed by atoms with Crippen molar-refractivity contribution in [2.24, 2.45) is 10.9 Å². The SMILES string of the molecule is CCc1ccc(OCCCCC(N)=NO)cc1. The first-order valence-electron chi connectivity index (χ1n) is 5.94. The minimum absolute atomic E-state index is 0.275. The number of hydrogen-bond donors (Lipinski definition) is 2. The first-order valence-corrected chi connectivity index (χ1v) is 5.94. The quantitative estimate of drug-likeness (QED) is 0.251. The van der Waals surface area contributed by atoms with E-state index in [1.807, 2.05) is 12.1 Å². The van der Waals surface area contributed by atoms with Gasteiger partial charge >= 0.3 is 0 Å². The lowest BCUT2D eigenvalue weighted by molar-refractivity contribution is 0.304. The lowest BCUT2D eigenvalue weighted by atomic mass is 10.2. The Balaban J connectivity index is 2.17. The molecule has 0 atom stereocenters. The van der Waals surface area contributed by atoms with Crippen LogP contribution in [-0.2, 0) is 6.42 Å². The molecule has 0 radical (unpaired) electrons. The molecule has 4 heteroatoms. The standard InChI is InChI=1S/C13H20N2O2/c1-2-11-6-8-12(9-7-11)17-10-4-3-5-13(14)15-16/h6-9,16H,2-5,10H2,1H3,(H2,14,15). The topological polar surface area (TPSA) is 67.8 Å². The number of oxime groups is 1. The van der Waals surface area contributed by atoms with Gasteiger partial charge in [-0.2, -0.15) is 0 Å². The van der Waals surface area contributed by atoms with Gasteiger partial charge < -0.3 is 15.7 Å². The molecule has 4 nitrogen and oxygen atoms in total. The first-order chi connectivity index (χ1) is 8.26. The highest BCUT2D eigenvalue weighted by atomic mass is 16.5. The third kappa shape index (κ3) is 5.24. The normalized spacial score (nSPS) is 11.5. The molecule has 0 bridgehead atoms. The molecule has 0 spiro atoms. The van der Waals surface area contributed by atoms with E-state index in [0.717, 1.165) is 25.0 Å². The van der Waals surface area contributed by atoms with Crippen LogP contribution in [0.25, 0.3) is 0 Å². The second kappa shape index (κ2) is 7.54. The van der Waals surface area contributed by atoms with Gasteiger partial charge in [-0.05, 0) is 37.0 Å². The molecule has 1 aromatic rings. The zero-order valence-corrected chi connectivity index (χ0v) is 10.2. The molecule has 1 aromatic carbocycles.